The average Bonchev–Trinajstić information content (AvgIpc) is 3.37. The average molecular weight is 457 g/mol. The Kier molecular flexibility index (Phi) is 6.78. The number of carbonyl (C=O) groups excluding carboxylic acids is 1. The highest BCUT2D eigenvalue weighted by molar-refractivity contribution is 7.89. The van der Waals surface area contributed by atoms with Crippen molar-refractivity contribution in [2.75, 3.05) is 26.3 Å². The van der Waals surface area contributed by atoms with Gasteiger partial charge in [-0.2, -0.15) is 4.31 Å². The molecular weight excluding hydrogens is 432 g/mol. The zero-order valence-electron chi connectivity index (χ0n) is 17.3. The maximum Gasteiger partial charge on any atom is 0.315 e. The minimum atomic E-state index is -3.66. The van der Waals surface area contributed by atoms with E-state index in [4.69, 9.17) is 4.74 Å². The molecule has 2 N–H and O–H groups in total. The highest BCUT2D eigenvalue weighted by Gasteiger charge is 2.28. The zero-order valence-corrected chi connectivity index (χ0v) is 18.2. The fraction of sp³-hybridized carbons (Fsp3) is 0.286. The molecule has 3 heterocycles. The first-order valence-electron chi connectivity index (χ1n) is 10.2. The van der Waals surface area contributed by atoms with Gasteiger partial charge in [-0.15, -0.1) is 0 Å². The number of aromatic nitrogens is 3. The van der Waals surface area contributed by atoms with Gasteiger partial charge in [0.05, 0.1) is 18.1 Å². The molecule has 1 saturated heterocycles. The lowest BCUT2D eigenvalue weighted by molar-refractivity contribution is 0.0730. The summed E-state index contributed by atoms with van der Waals surface area (Å²) >= 11 is 0. The van der Waals surface area contributed by atoms with Crippen LogP contribution < -0.4 is 10.6 Å². The van der Waals surface area contributed by atoms with Crippen molar-refractivity contribution in [1.82, 2.24) is 29.5 Å². The van der Waals surface area contributed by atoms with Crippen LogP contribution >= 0.6 is 0 Å². The van der Waals surface area contributed by atoms with E-state index in [0.717, 1.165) is 5.56 Å². The van der Waals surface area contributed by atoms with Crippen LogP contribution in [0.5, 0.6) is 0 Å². The molecule has 10 nitrogen and oxygen atoms in total. The van der Waals surface area contributed by atoms with Crippen molar-refractivity contribution in [2.24, 2.45) is 0 Å². The summed E-state index contributed by atoms with van der Waals surface area (Å²) in [7, 11) is -3.66. The van der Waals surface area contributed by atoms with E-state index in [-0.39, 0.29) is 18.0 Å². The lowest BCUT2D eigenvalue weighted by Gasteiger charge is -2.27. The summed E-state index contributed by atoms with van der Waals surface area (Å²) < 4.78 is 34.5. The lowest BCUT2D eigenvalue weighted by atomic mass is 10.2. The molecule has 0 atom stereocenters. The van der Waals surface area contributed by atoms with Gasteiger partial charge in [-0.25, -0.2) is 23.2 Å². The Morgan fingerprint density at radius 3 is 2.47 bits per heavy atom. The Morgan fingerprint density at radius 1 is 1.00 bits per heavy atom. The molecule has 3 aromatic rings. The molecule has 0 saturated carbocycles. The van der Waals surface area contributed by atoms with Crippen LogP contribution in [0.3, 0.4) is 0 Å². The summed E-state index contributed by atoms with van der Waals surface area (Å²) in [5, 5.41) is 5.53. The molecule has 4 rings (SSSR count). The van der Waals surface area contributed by atoms with Crippen LogP contribution in [0, 0.1) is 0 Å². The van der Waals surface area contributed by atoms with Crippen LogP contribution in [0.1, 0.15) is 11.1 Å². The molecule has 11 heteroatoms. The van der Waals surface area contributed by atoms with E-state index in [9.17, 15) is 13.2 Å². The number of nitrogens with zero attached hydrogens (tertiary/aromatic N) is 4. The van der Waals surface area contributed by atoms with Crippen molar-refractivity contribution in [3.05, 3.63) is 72.4 Å². The number of carbonyl (C=O) groups is 1. The summed E-state index contributed by atoms with van der Waals surface area (Å²) in [6, 6.07) is 9.94. The second-order valence-corrected chi connectivity index (χ2v) is 9.02. The topological polar surface area (TPSA) is 118 Å². The van der Waals surface area contributed by atoms with Crippen molar-refractivity contribution in [3.63, 3.8) is 0 Å². The Labute approximate surface area is 186 Å². The molecule has 1 aliphatic rings. The van der Waals surface area contributed by atoms with E-state index < -0.39 is 16.1 Å². The Balaban J connectivity index is 1.40. The minimum Gasteiger partial charge on any atom is -0.379 e. The number of rotatable bonds is 7. The SMILES string of the molecule is O=C(NCc1ccccc1S(=O)(=O)N1CCOCC1)NCc1cccnc1-n1ccnc1. The Hall–Kier alpha value is -3.28. The maximum absolute atomic E-state index is 13.0. The van der Waals surface area contributed by atoms with Crippen LogP contribution in [-0.4, -0.2) is 59.6 Å². The predicted octanol–water partition coefficient (Wildman–Crippen LogP) is 1.29. The second kappa shape index (κ2) is 9.90. The summed E-state index contributed by atoms with van der Waals surface area (Å²) in [5.74, 6) is 0.673. The van der Waals surface area contributed by atoms with Crippen molar-refractivity contribution in [3.8, 4) is 5.82 Å². The predicted molar refractivity (Wildman–Crippen MR) is 116 cm³/mol. The monoisotopic (exact) mass is 456 g/mol. The molecule has 1 aliphatic heterocycles. The molecule has 2 aromatic heterocycles. The van der Waals surface area contributed by atoms with Gasteiger partial charge in [0.2, 0.25) is 10.0 Å². The quantitative estimate of drug-likeness (QED) is 0.553. The highest BCUT2D eigenvalue weighted by atomic mass is 32.2. The van der Waals surface area contributed by atoms with Crippen LogP contribution in [0.4, 0.5) is 4.79 Å². The molecule has 32 heavy (non-hydrogen) atoms. The number of sulfonamides is 1. The number of amides is 2. The standard InChI is InChI=1S/C21H24N6O4S/c28-21(25-15-18-5-3-7-23-20(18)26-9-8-22-16-26)24-14-17-4-1-2-6-19(17)32(29,30)27-10-12-31-13-11-27/h1-9,16H,10-15H2,(H2,24,25,28). The summed E-state index contributed by atoms with van der Waals surface area (Å²) in [6.07, 6.45) is 6.74. The van der Waals surface area contributed by atoms with E-state index >= 15 is 0 Å². The van der Waals surface area contributed by atoms with E-state index in [1.165, 1.54) is 4.31 Å². The number of morpholine rings is 1. The molecule has 0 aliphatic carbocycles. The fourth-order valence-electron chi connectivity index (χ4n) is 3.43. The number of imidazole rings is 1. The van der Waals surface area contributed by atoms with Crippen LogP contribution in [0.15, 0.2) is 66.2 Å². The zero-order chi connectivity index (χ0) is 22.4. The van der Waals surface area contributed by atoms with Gasteiger partial charge in [0.25, 0.3) is 0 Å². The molecule has 1 fully saturated rings. The first kappa shape index (κ1) is 21.9. The van der Waals surface area contributed by atoms with Gasteiger partial charge >= 0.3 is 6.03 Å². The van der Waals surface area contributed by atoms with Gasteiger partial charge in [0, 0.05) is 50.3 Å². The lowest BCUT2D eigenvalue weighted by Crippen LogP contribution is -2.41. The number of benzene rings is 1. The van der Waals surface area contributed by atoms with Crippen molar-refractivity contribution in [1.29, 1.82) is 0 Å². The number of hydrogen-bond donors (Lipinski definition) is 2. The Morgan fingerprint density at radius 2 is 1.72 bits per heavy atom. The second-order valence-electron chi connectivity index (χ2n) is 7.12. The highest BCUT2D eigenvalue weighted by Crippen LogP contribution is 2.21. The van der Waals surface area contributed by atoms with Crippen molar-refractivity contribution < 1.29 is 17.9 Å². The third-order valence-corrected chi connectivity index (χ3v) is 7.05. The largest absolute Gasteiger partial charge is 0.379 e. The van der Waals surface area contributed by atoms with Crippen molar-refractivity contribution >= 4 is 16.1 Å². The molecule has 0 unspecified atom stereocenters. The summed E-state index contributed by atoms with van der Waals surface area (Å²) in [4.78, 5) is 21.0. The third-order valence-electron chi connectivity index (χ3n) is 5.06. The van der Waals surface area contributed by atoms with Crippen LogP contribution in [0.25, 0.3) is 5.82 Å². The summed E-state index contributed by atoms with van der Waals surface area (Å²) in [6.45, 7) is 1.70. The number of hydrogen-bond acceptors (Lipinski definition) is 6. The third kappa shape index (κ3) is 4.96. The number of pyridine rings is 1. The number of nitrogens with one attached hydrogen (secondary N) is 2. The van der Waals surface area contributed by atoms with Gasteiger partial charge in [-0.1, -0.05) is 24.3 Å². The first-order valence-corrected chi connectivity index (χ1v) is 11.6. The normalized spacial score (nSPS) is 14.8. The summed E-state index contributed by atoms with van der Waals surface area (Å²) in [5.41, 5.74) is 1.34. The van der Waals surface area contributed by atoms with Gasteiger partial charge < -0.3 is 15.4 Å². The molecule has 0 spiro atoms. The van der Waals surface area contributed by atoms with E-state index in [2.05, 4.69) is 20.6 Å². The number of ether oxygens (including phenoxy) is 1. The maximum atomic E-state index is 13.0. The van der Waals surface area contributed by atoms with Gasteiger partial charge in [-0.05, 0) is 17.7 Å². The molecule has 2 amide bonds. The first-order chi connectivity index (χ1) is 15.6. The van der Waals surface area contributed by atoms with Gasteiger partial charge in [0.15, 0.2) is 0 Å². The fourth-order valence-corrected chi connectivity index (χ4v) is 5.06. The molecule has 1 aromatic carbocycles. The van der Waals surface area contributed by atoms with Crippen LogP contribution in [0.2, 0.25) is 0 Å². The van der Waals surface area contributed by atoms with E-state index in [1.807, 2.05) is 6.07 Å². The Bertz CT molecular complexity index is 1160. The number of urea groups is 1. The van der Waals surface area contributed by atoms with Gasteiger partial charge in [-0.3, -0.25) is 4.57 Å². The molecule has 0 radical (unpaired) electrons. The smallest absolute Gasteiger partial charge is 0.315 e. The molecular formula is C21H24N6O4S. The van der Waals surface area contributed by atoms with Crippen LogP contribution in [-0.2, 0) is 27.8 Å². The minimum absolute atomic E-state index is 0.0764. The van der Waals surface area contributed by atoms with Gasteiger partial charge in [0.1, 0.15) is 12.1 Å². The molecule has 0 bridgehead atoms. The molecule has 168 valence electrons. The van der Waals surface area contributed by atoms with Crippen molar-refractivity contribution in [2.45, 2.75) is 18.0 Å². The van der Waals surface area contributed by atoms with E-state index in [1.54, 1.807) is 59.8 Å². The van der Waals surface area contributed by atoms with E-state index in [0.29, 0.717) is 37.7 Å².